The Morgan fingerprint density at radius 2 is 2.37 bits per heavy atom. The van der Waals surface area contributed by atoms with Crippen LogP contribution in [0.1, 0.15) is 24.8 Å². The second-order valence-corrected chi connectivity index (χ2v) is 5.86. The minimum atomic E-state index is 0.0359. The van der Waals surface area contributed by atoms with Crippen LogP contribution in [0.25, 0.3) is 0 Å². The van der Waals surface area contributed by atoms with Crippen molar-refractivity contribution in [2.24, 2.45) is 5.92 Å². The molecular formula is C14H22N2O2S. The smallest absolute Gasteiger partial charge is 0.317 e. The molecular weight excluding hydrogens is 260 g/mol. The number of urea groups is 1. The van der Waals surface area contributed by atoms with Gasteiger partial charge in [-0.2, -0.15) is 11.3 Å². The number of carbonyl (C=O) groups excluding carboxylic acids is 1. The molecule has 1 aliphatic heterocycles. The summed E-state index contributed by atoms with van der Waals surface area (Å²) >= 11 is 1.69. The van der Waals surface area contributed by atoms with E-state index >= 15 is 0 Å². The van der Waals surface area contributed by atoms with Gasteiger partial charge >= 0.3 is 6.03 Å². The molecule has 0 aromatic carbocycles. The number of rotatable bonds is 4. The number of amides is 2. The number of nitrogens with zero attached hydrogens (tertiary/aromatic N) is 1. The minimum Gasteiger partial charge on any atom is -0.396 e. The lowest BCUT2D eigenvalue weighted by Gasteiger charge is -2.21. The first kappa shape index (κ1) is 14.3. The molecule has 0 bridgehead atoms. The molecule has 1 unspecified atom stereocenters. The van der Waals surface area contributed by atoms with Gasteiger partial charge in [0, 0.05) is 26.2 Å². The zero-order valence-corrected chi connectivity index (χ0v) is 12.0. The van der Waals surface area contributed by atoms with E-state index < -0.39 is 0 Å². The predicted octanol–water partition coefficient (Wildman–Crippen LogP) is 2.09. The Hall–Kier alpha value is -1.07. The van der Waals surface area contributed by atoms with Crippen LogP contribution in [0.15, 0.2) is 16.8 Å². The molecule has 4 nitrogen and oxygen atoms in total. The van der Waals surface area contributed by atoms with Gasteiger partial charge in [-0.3, -0.25) is 0 Å². The number of hydrogen-bond donors (Lipinski definition) is 2. The molecule has 1 aromatic heterocycles. The Bertz CT molecular complexity index is 381. The fraction of sp³-hybridized carbons (Fsp3) is 0.643. The van der Waals surface area contributed by atoms with Crippen LogP contribution in [0.3, 0.4) is 0 Å². The summed E-state index contributed by atoms with van der Waals surface area (Å²) in [5.74, 6) is 0.364. The summed E-state index contributed by atoms with van der Waals surface area (Å²) in [5.41, 5.74) is 1.28. The van der Waals surface area contributed by atoms with E-state index in [1.807, 2.05) is 4.90 Å². The molecule has 0 aliphatic carbocycles. The maximum atomic E-state index is 12.0. The molecule has 2 N–H and O–H groups in total. The third-order valence-electron chi connectivity index (χ3n) is 3.66. The van der Waals surface area contributed by atoms with Crippen molar-refractivity contribution >= 4 is 17.4 Å². The summed E-state index contributed by atoms with van der Waals surface area (Å²) in [6.07, 6.45) is 3.81. The van der Waals surface area contributed by atoms with E-state index in [2.05, 4.69) is 22.1 Å². The fourth-order valence-corrected chi connectivity index (χ4v) is 3.11. The number of thiophene rings is 1. The molecule has 2 amide bonds. The van der Waals surface area contributed by atoms with E-state index in [9.17, 15) is 4.79 Å². The van der Waals surface area contributed by atoms with E-state index in [4.69, 9.17) is 5.11 Å². The van der Waals surface area contributed by atoms with Crippen LogP contribution < -0.4 is 5.32 Å². The van der Waals surface area contributed by atoms with Crippen molar-refractivity contribution in [3.63, 3.8) is 0 Å². The minimum absolute atomic E-state index is 0.0359. The van der Waals surface area contributed by atoms with Gasteiger partial charge in [0.1, 0.15) is 0 Å². The third-order valence-corrected chi connectivity index (χ3v) is 4.40. The number of carbonyl (C=O) groups is 1. The van der Waals surface area contributed by atoms with Gasteiger partial charge in [-0.05, 0) is 54.0 Å². The van der Waals surface area contributed by atoms with Crippen LogP contribution in [0.5, 0.6) is 0 Å². The highest BCUT2D eigenvalue weighted by Gasteiger charge is 2.19. The topological polar surface area (TPSA) is 52.6 Å². The van der Waals surface area contributed by atoms with Gasteiger partial charge in [-0.1, -0.05) is 0 Å². The van der Waals surface area contributed by atoms with Gasteiger partial charge in [0.2, 0.25) is 0 Å². The molecule has 19 heavy (non-hydrogen) atoms. The second-order valence-electron chi connectivity index (χ2n) is 5.08. The van der Waals surface area contributed by atoms with Crippen LogP contribution in [-0.2, 0) is 6.42 Å². The Balaban J connectivity index is 1.70. The van der Waals surface area contributed by atoms with Crippen LogP contribution >= 0.6 is 11.3 Å². The summed E-state index contributed by atoms with van der Waals surface area (Å²) in [6.45, 7) is 2.50. The van der Waals surface area contributed by atoms with Gasteiger partial charge in [0.05, 0.1) is 0 Å². The summed E-state index contributed by atoms with van der Waals surface area (Å²) in [5, 5.41) is 16.3. The first-order chi connectivity index (χ1) is 9.29. The lowest BCUT2D eigenvalue weighted by molar-refractivity contribution is 0.193. The van der Waals surface area contributed by atoms with Crippen molar-refractivity contribution in [1.29, 1.82) is 0 Å². The van der Waals surface area contributed by atoms with Gasteiger partial charge in [0.15, 0.2) is 0 Å². The summed E-state index contributed by atoms with van der Waals surface area (Å²) in [6, 6.07) is 2.13. The quantitative estimate of drug-likeness (QED) is 0.888. The fourth-order valence-electron chi connectivity index (χ4n) is 2.41. The van der Waals surface area contributed by atoms with E-state index in [1.54, 1.807) is 11.3 Å². The summed E-state index contributed by atoms with van der Waals surface area (Å²) in [7, 11) is 0. The molecule has 0 spiro atoms. The van der Waals surface area contributed by atoms with Crippen molar-refractivity contribution in [2.75, 3.05) is 26.2 Å². The zero-order valence-electron chi connectivity index (χ0n) is 11.2. The van der Waals surface area contributed by atoms with Crippen LogP contribution in [0.2, 0.25) is 0 Å². The molecule has 0 saturated carbocycles. The highest BCUT2D eigenvalue weighted by atomic mass is 32.1. The predicted molar refractivity (Wildman–Crippen MR) is 77.4 cm³/mol. The monoisotopic (exact) mass is 282 g/mol. The lowest BCUT2D eigenvalue weighted by atomic mass is 10.0. The van der Waals surface area contributed by atoms with Crippen LogP contribution in [-0.4, -0.2) is 42.3 Å². The van der Waals surface area contributed by atoms with Gasteiger partial charge in [-0.25, -0.2) is 4.79 Å². The Morgan fingerprint density at radius 3 is 3.11 bits per heavy atom. The third kappa shape index (κ3) is 4.51. The average Bonchev–Trinajstić information content (AvgIpc) is 2.81. The second kappa shape index (κ2) is 7.50. The Kier molecular flexibility index (Phi) is 5.66. The zero-order chi connectivity index (χ0) is 13.5. The average molecular weight is 282 g/mol. The number of aliphatic hydroxyl groups is 1. The van der Waals surface area contributed by atoms with Gasteiger partial charge in [-0.15, -0.1) is 0 Å². The van der Waals surface area contributed by atoms with E-state index in [1.165, 1.54) is 5.56 Å². The molecule has 1 atom stereocenters. The van der Waals surface area contributed by atoms with Crippen molar-refractivity contribution in [3.8, 4) is 0 Å². The van der Waals surface area contributed by atoms with Gasteiger partial charge in [0.25, 0.3) is 0 Å². The van der Waals surface area contributed by atoms with E-state index in [0.29, 0.717) is 12.5 Å². The first-order valence-corrected chi connectivity index (χ1v) is 7.88. The largest absolute Gasteiger partial charge is 0.396 e. The number of nitrogens with one attached hydrogen (secondary N) is 1. The number of hydrogen-bond acceptors (Lipinski definition) is 3. The molecule has 1 aromatic rings. The molecule has 2 rings (SSSR count). The number of aliphatic hydroxyl groups excluding tert-OH is 1. The standard InChI is InChI=1S/C14H22N2O2S/c17-10-12-2-1-7-16(8-4-12)14(18)15-6-3-13-5-9-19-11-13/h5,9,11-12,17H,1-4,6-8,10H2,(H,15,18). The highest BCUT2D eigenvalue weighted by molar-refractivity contribution is 7.07. The normalized spacial score (nSPS) is 20.1. The highest BCUT2D eigenvalue weighted by Crippen LogP contribution is 2.16. The van der Waals surface area contributed by atoms with E-state index in [0.717, 1.165) is 38.8 Å². The Morgan fingerprint density at radius 1 is 1.47 bits per heavy atom. The SMILES string of the molecule is O=C(NCCc1ccsc1)N1CCCC(CO)CC1. The Labute approximate surface area is 118 Å². The van der Waals surface area contributed by atoms with E-state index in [-0.39, 0.29) is 12.6 Å². The van der Waals surface area contributed by atoms with Crippen LogP contribution in [0, 0.1) is 5.92 Å². The van der Waals surface area contributed by atoms with Crippen LogP contribution in [0.4, 0.5) is 4.79 Å². The van der Waals surface area contributed by atoms with Crippen molar-refractivity contribution in [2.45, 2.75) is 25.7 Å². The molecule has 0 radical (unpaired) electrons. The maximum Gasteiger partial charge on any atom is 0.317 e. The van der Waals surface area contributed by atoms with Gasteiger partial charge < -0.3 is 15.3 Å². The van der Waals surface area contributed by atoms with Crippen molar-refractivity contribution in [1.82, 2.24) is 10.2 Å². The molecule has 106 valence electrons. The van der Waals surface area contributed by atoms with Crippen molar-refractivity contribution < 1.29 is 9.90 Å². The first-order valence-electron chi connectivity index (χ1n) is 6.94. The maximum absolute atomic E-state index is 12.0. The summed E-state index contributed by atoms with van der Waals surface area (Å²) < 4.78 is 0. The van der Waals surface area contributed by atoms with Crippen molar-refractivity contribution in [3.05, 3.63) is 22.4 Å². The number of likely N-dealkylation sites (tertiary alicyclic amines) is 1. The molecule has 2 heterocycles. The lowest BCUT2D eigenvalue weighted by Crippen LogP contribution is -2.41. The molecule has 1 aliphatic rings. The molecule has 1 saturated heterocycles. The molecule has 5 heteroatoms. The summed E-state index contributed by atoms with van der Waals surface area (Å²) in [4.78, 5) is 13.9. The molecule has 1 fully saturated rings.